The molecule has 8 heteroatoms. The van der Waals surface area contributed by atoms with Crippen molar-refractivity contribution in [3.8, 4) is 0 Å². The van der Waals surface area contributed by atoms with Gasteiger partial charge in [0.2, 0.25) is 5.91 Å². The molecule has 26 heavy (non-hydrogen) atoms. The predicted octanol–water partition coefficient (Wildman–Crippen LogP) is 3.77. The molecular formula is C18H25Cl2N3O2S. The minimum atomic E-state index is -0.178. The van der Waals surface area contributed by atoms with Gasteiger partial charge in [0.25, 0.3) is 5.91 Å². The molecule has 1 saturated carbocycles. The van der Waals surface area contributed by atoms with Crippen LogP contribution in [0.2, 0.25) is 5.02 Å². The summed E-state index contributed by atoms with van der Waals surface area (Å²) in [4.78, 5) is 26.7. The largest absolute Gasteiger partial charge is 0.339 e. The van der Waals surface area contributed by atoms with Crippen molar-refractivity contribution < 1.29 is 9.59 Å². The Morgan fingerprint density at radius 2 is 2.00 bits per heavy atom. The zero-order valence-corrected chi connectivity index (χ0v) is 17.2. The van der Waals surface area contributed by atoms with E-state index in [1.807, 2.05) is 11.9 Å². The average molecular weight is 418 g/mol. The lowest BCUT2D eigenvalue weighted by Crippen LogP contribution is -2.38. The van der Waals surface area contributed by atoms with Gasteiger partial charge in [0, 0.05) is 30.4 Å². The van der Waals surface area contributed by atoms with Gasteiger partial charge in [-0.05, 0) is 31.0 Å². The van der Waals surface area contributed by atoms with E-state index < -0.39 is 0 Å². The molecule has 1 aromatic carbocycles. The number of carbonyl (C=O) groups excluding carboxylic acids is 2. The second-order valence-corrected chi connectivity index (χ2v) is 8.10. The lowest BCUT2D eigenvalue weighted by atomic mass is 9.94. The maximum absolute atomic E-state index is 12.7. The zero-order chi connectivity index (χ0) is 17.8. The fraction of sp³-hybridized carbons (Fsp3) is 0.556. The fourth-order valence-electron chi connectivity index (χ4n) is 3.38. The van der Waals surface area contributed by atoms with Crippen molar-refractivity contribution in [1.82, 2.24) is 10.2 Å². The van der Waals surface area contributed by atoms with Crippen molar-refractivity contribution in [2.45, 2.75) is 44.2 Å². The van der Waals surface area contributed by atoms with Gasteiger partial charge in [-0.15, -0.1) is 24.2 Å². The summed E-state index contributed by atoms with van der Waals surface area (Å²) in [6, 6.07) is 5.22. The molecule has 1 heterocycles. The maximum atomic E-state index is 12.7. The smallest absolute Gasteiger partial charge is 0.255 e. The van der Waals surface area contributed by atoms with Gasteiger partial charge in [-0.3, -0.25) is 14.9 Å². The van der Waals surface area contributed by atoms with Crippen molar-refractivity contribution in [3.63, 3.8) is 0 Å². The van der Waals surface area contributed by atoms with Gasteiger partial charge in [-0.2, -0.15) is 0 Å². The molecule has 1 aromatic rings. The van der Waals surface area contributed by atoms with E-state index in [1.54, 1.807) is 30.0 Å². The molecular weight excluding hydrogens is 393 g/mol. The first-order chi connectivity index (χ1) is 12.1. The highest BCUT2D eigenvalue weighted by Crippen LogP contribution is 2.26. The van der Waals surface area contributed by atoms with Gasteiger partial charge < -0.3 is 10.2 Å². The third-order valence-corrected chi connectivity index (χ3v) is 6.20. The van der Waals surface area contributed by atoms with Crippen LogP contribution >= 0.6 is 35.8 Å². The average Bonchev–Trinajstić information content (AvgIpc) is 3.16. The number of halogens is 2. The van der Waals surface area contributed by atoms with Gasteiger partial charge >= 0.3 is 0 Å². The van der Waals surface area contributed by atoms with Gasteiger partial charge in [-0.1, -0.05) is 30.9 Å². The molecule has 0 aromatic heterocycles. The number of hydrogen-bond donors (Lipinski definition) is 2. The van der Waals surface area contributed by atoms with Crippen LogP contribution < -0.4 is 10.6 Å². The molecule has 5 nitrogen and oxygen atoms in total. The summed E-state index contributed by atoms with van der Waals surface area (Å²) in [6.45, 7) is 0. The summed E-state index contributed by atoms with van der Waals surface area (Å²) in [5, 5.41) is 6.36. The van der Waals surface area contributed by atoms with E-state index in [1.165, 1.54) is 19.3 Å². The molecule has 1 atom stereocenters. The highest BCUT2D eigenvalue weighted by atomic mass is 35.5. The Balaban J connectivity index is 0.00000243. The van der Waals surface area contributed by atoms with Crippen LogP contribution in [0.3, 0.4) is 0 Å². The number of amides is 2. The van der Waals surface area contributed by atoms with Crippen LogP contribution in [0.25, 0.3) is 0 Å². The standard InChI is InChI=1S/C18H24ClN3O2S.ClH/c1-22(13-5-3-2-4-6-13)18(24)14-8-7-12(9-15(14)19)21-17(23)16-10-25-11-20-16;/h7-9,13,16,20H,2-6,10-11H2,1H3,(H,21,23);1H. The summed E-state index contributed by atoms with van der Waals surface area (Å²) >= 11 is 8.03. The number of thioether (sulfide) groups is 1. The summed E-state index contributed by atoms with van der Waals surface area (Å²) in [7, 11) is 1.85. The molecule has 1 unspecified atom stereocenters. The summed E-state index contributed by atoms with van der Waals surface area (Å²) in [5.41, 5.74) is 1.10. The number of nitrogens with zero attached hydrogens (tertiary/aromatic N) is 1. The molecule has 144 valence electrons. The SMILES string of the molecule is CN(C(=O)c1ccc(NC(=O)C2CSCN2)cc1Cl)C1CCCCC1.Cl. The molecule has 2 amide bonds. The Kier molecular flexibility index (Phi) is 8.07. The highest BCUT2D eigenvalue weighted by Gasteiger charge is 2.25. The number of benzene rings is 1. The number of hydrogen-bond acceptors (Lipinski definition) is 4. The van der Waals surface area contributed by atoms with Crippen LogP contribution in [0.1, 0.15) is 42.5 Å². The van der Waals surface area contributed by atoms with Crippen molar-refractivity contribution in [2.24, 2.45) is 0 Å². The van der Waals surface area contributed by atoms with Crippen molar-refractivity contribution in [1.29, 1.82) is 0 Å². The van der Waals surface area contributed by atoms with Crippen LogP contribution in [0.15, 0.2) is 18.2 Å². The first-order valence-corrected chi connectivity index (χ1v) is 10.3. The molecule has 1 aliphatic heterocycles. The Morgan fingerprint density at radius 1 is 1.27 bits per heavy atom. The fourth-order valence-corrected chi connectivity index (χ4v) is 4.59. The van der Waals surface area contributed by atoms with E-state index in [4.69, 9.17) is 11.6 Å². The second kappa shape index (κ2) is 9.83. The molecule has 1 saturated heterocycles. The monoisotopic (exact) mass is 417 g/mol. The predicted molar refractivity (Wildman–Crippen MR) is 111 cm³/mol. The van der Waals surface area contributed by atoms with Gasteiger partial charge in [0.15, 0.2) is 0 Å². The summed E-state index contributed by atoms with van der Waals surface area (Å²) in [5.74, 6) is 1.44. The normalized spacial score (nSPS) is 20.3. The van der Waals surface area contributed by atoms with Crippen LogP contribution in [0, 0.1) is 0 Å². The van der Waals surface area contributed by atoms with Crippen LogP contribution in [0.4, 0.5) is 5.69 Å². The Morgan fingerprint density at radius 3 is 2.62 bits per heavy atom. The molecule has 3 rings (SSSR count). The van der Waals surface area contributed by atoms with E-state index in [0.29, 0.717) is 22.3 Å². The summed E-state index contributed by atoms with van der Waals surface area (Å²) < 4.78 is 0. The quantitative estimate of drug-likeness (QED) is 0.782. The molecule has 0 spiro atoms. The molecule has 0 radical (unpaired) electrons. The highest BCUT2D eigenvalue weighted by molar-refractivity contribution is 7.99. The van der Waals surface area contributed by atoms with E-state index >= 15 is 0 Å². The molecule has 2 fully saturated rings. The van der Waals surface area contributed by atoms with E-state index in [0.717, 1.165) is 24.5 Å². The molecule has 1 aliphatic carbocycles. The van der Waals surface area contributed by atoms with Crippen molar-refractivity contribution in [3.05, 3.63) is 28.8 Å². The lowest BCUT2D eigenvalue weighted by molar-refractivity contribution is -0.117. The number of rotatable bonds is 4. The van der Waals surface area contributed by atoms with Gasteiger partial charge in [0.05, 0.1) is 16.6 Å². The van der Waals surface area contributed by atoms with Gasteiger partial charge in [0.1, 0.15) is 0 Å². The maximum Gasteiger partial charge on any atom is 0.255 e. The third kappa shape index (κ3) is 5.06. The minimum Gasteiger partial charge on any atom is -0.339 e. The number of carbonyl (C=O) groups is 2. The molecule has 0 bridgehead atoms. The molecule has 2 aliphatic rings. The summed E-state index contributed by atoms with van der Waals surface area (Å²) in [6.07, 6.45) is 5.71. The second-order valence-electron chi connectivity index (χ2n) is 6.66. The van der Waals surface area contributed by atoms with E-state index in [9.17, 15) is 9.59 Å². The Labute approximate surface area is 170 Å². The van der Waals surface area contributed by atoms with Crippen LogP contribution in [-0.4, -0.2) is 47.5 Å². The lowest BCUT2D eigenvalue weighted by Gasteiger charge is -2.31. The van der Waals surface area contributed by atoms with Crippen molar-refractivity contribution in [2.75, 3.05) is 24.0 Å². The number of nitrogens with one attached hydrogen (secondary N) is 2. The Bertz CT molecular complexity index is 647. The van der Waals surface area contributed by atoms with Crippen LogP contribution in [-0.2, 0) is 4.79 Å². The zero-order valence-electron chi connectivity index (χ0n) is 14.8. The number of anilines is 1. The third-order valence-electron chi connectivity index (χ3n) is 4.94. The van der Waals surface area contributed by atoms with E-state index in [2.05, 4.69) is 10.6 Å². The molecule has 2 N–H and O–H groups in total. The van der Waals surface area contributed by atoms with E-state index in [-0.39, 0.29) is 30.3 Å². The topological polar surface area (TPSA) is 61.4 Å². The first kappa shape index (κ1) is 21.4. The Hall–Kier alpha value is -0.950. The van der Waals surface area contributed by atoms with Crippen molar-refractivity contribution >= 4 is 53.3 Å². The minimum absolute atomic E-state index is 0. The van der Waals surface area contributed by atoms with Crippen LogP contribution in [0.5, 0.6) is 0 Å². The van der Waals surface area contributed by atoms with Gasteiger partial charge in [-0.25, -0.2) is 0 Å². The first-order valence-electron chi connectivity index (χ1n) is 8.75.